The average molecular weight is 332 g/mol. The quantitative estimate of drug-likeness (QED) is 0.633. The number of thioether (sulfide) groups is 1. The predicted molar refractivity (Wildman–Crippen MR) is 86.9 cm³/mol. The van der Waals surface area contributed by atoms with E-state index in [-0.39, 0.29) is 17.3 Å². The van der Waals surface area contributed by atoms with Gasteiger partial charge in [-0.2, -0.15) is 0 Å². The largest absolute Gasteiger partial charge is 0.294 e. The standard InChI is InChI=1S/C16H13FN2O3S/c1-10-6-7-11(17)8-14(10)18-15(20)9-23-16(18)12-4-2-3-5-13(12)19(21)22/h2-8,16H,9H2,1H3. The van der Waals surface area contributed by atoms with Crippen molar-refractivity contribution in [3.8, 4) is 0 Å². The molecule has 0 aromatic heterocycles. The molecule has 0 saturated carbocycles. The zero-order valence-corrected chi connectivity index (χ0v) is 13.0. The highest BCUT2D eigenvalue weighted by Crippen LogP contribution is 2.45. The van der Waals surface area contributed by atoms with Gasteiger partial charge in [0.15, 0.2) is 0 Å². The first-order valence-corrected chi connectivity index (χ1v) is 7.97. The third kappa shape index (κ3) is 2.79. The smallest absolute Gasteiger partial charge is 0.275 e. The lowest BCUT2D eigenvalue weighted by molar-refractivity contribution is -0.385. The normalized spacial score (nSPS) is 17.6. The highest BCUT2D eigenvalue weighted by molar-refractivity contribution is 8.00. The van der Waals surface area contributed by atoms with E-state index < -0.39 is 16.1 Å². The minimum Gasteiger partial charge on any atom is -0.294 e. The van der Waals surface area contributed by atoms with Gasteiger partial charge >= 0.3 is 0 Å². The van der Waals surface area contributed by atoms with Crippen LogP contribution in [0.5, 0.6) is 0 Å². The van der Waals surface area contributed by atoms with Gasteiger partial charge in [-0.05, 0) is 30.7 Å². The molecule has 1 amide bonds. The Labute approximate surface area is 136 Å². The monoisotopic (exact) mass is 332 g/mol. The summed E-state index contributed by atoms with van der Waals surface area (Å²) < 4.78 is 13.6. The van der Waals surface area contributed by atoms with E-state index in [2.05, 4.69) is 0 Å². The Bertz CT molecular complexity index is 797. The molecule has 23 heavy (non-hydrogen) atoms. The number of nitro benzene ring substituents is 1. The molecule has 2 aromatic carbocycles. The predicted octanol–water partition coefficient (Wildman–Crippen LogP) is 3.82. The third-order valence-corrected chi connectivity index (χ3v) is 4.89. The Morgan fingerprint density at radius 2 is 2.04 bits per heavy atom. The number of carbonyl (C=O) groups is 1. The van der Waals surface area contributed by atoms with E-state index in [1.54, 1.807) is 31.2 Å². The number of benzene rings is 2. The number of halogens is 1. The first-order chi connectivity index (χ1) is 11.0. The van der Waals surface area contributed by atoms with Gasteiger partial charge < -0.3 is 0 Å². The molecule has 1 heterocycles. The van der Waals surface area contributed by atoms with Crippen LogP contribution in [-0.4, -0.2) is 16.6 Å². The van der Waals surface area contributed by atoms with Crippen molar-refractivity contribution in [1.82, 2.24) is 0 Å². The van der Waals surface area contributed by atoms with Gasteiger partial charge in [-0.1, -0.05) is 18.2 Å². The maximum Gasteiger partial charge on any atom is 0.275 e. The summed E-state index contributed by atoms with van der Waals surface area (Å²) in [6.07, 6.45) is 0. The zero-order valence-electron chi connectivity index (χ0n) is 12.2. The van der Waals surface area contributed by atoms with Gasteiger partial charge in [0.25, 0.3) is 5.69 Å². The van der Waals surface area contributed by atoms with Crippen LogP contribution >= 0.6 is 11.8 Å². The number of hydrogen-bond donors (Lipinski definition) is 0. The van der Waals surface area contributed by atoms with Crippen molar-refractivity contribution in [3.05, 3.63) is 69.5 Å². The highest BCUT2D eigenvalue weighted by Gasteiger charge is 2.38. The number of para-hydroxylation sites is 1. The fourth-order valence-electron chi connectivity index (χ4n) is 2.62. The molecule has 7 heteroatoms. The molecule has 1 fully saturated rings. The van der Waals surface area contributed by atoms with Crippen molar-refractivity contribution in [3.63, 3.8) is 0 Å². The number of anilines is 1. The van der Waals surface area contributed by atoms with E-state index in [0.29, 0.717) is 11.3 Å². The first kappa shape index (κ1) is 15.5. The molecule has 0 radical (unpaired) electrons. The minimum atomic E-state index is -0.537. The molecule has 3 rings (SSSR count). The van der Waals surface area contributed by atoms with E-state index in [1.165, 1.54) is 34.9 Å². The Balaban J connectivity index is 2.11. The molecule has 5 nitrogen and oxygen atoms in total. The minimum absolute atomic E-state index is 0.0428. The SMILES string of the molecule is Cc1ccc(F)cc1N1C(=O)CSC1c1ccccc1[N+](=O)[O-]. The van der Waals surface area contributed by atoms with E-state index in [4.69, 9.17) is 0 Å². The summed E-state index contributed by atoms with van der Waals surface area (Å²) in [5, 5.41) is 10.7. The maximum absolute atomic E-state index is 13.6. The van der Waals surface area contributed by atoms with Gasteiger partial charge in [0.05, 0.1) is 21.9 Å². The van der Waals surface area contributed by atoms with Crippen molar-refractivity contribution in [2.75, 3.05) is 10.7 Å². The number of nitro groups is 1. The molecule has 0 aliphatic carbocycles. The fourth-order valence-corrected chi connectivity index (χ4v) is 3.82. The Hall–Kier alpha value is -2.41. The van der Waals surface area contributed by atoms with Gasteiger partial charge in [-0.25, -0.2) is 4.39 Å². The van der Waals surface area contributed by atoms with Crippen LogP contribution in [0.4, 0.5) is 15.8 Å². The molecular weight excluding hydrogens is 319 g/mol. The number of amides is 1. The lowest BCUT2D eigenvalue weighted by Gasteiger charge is -2.25. The van der Waals surface area contributed by atoms with Crippen molar-refractivity contribution >= 4 is 29.0 Å². The highest BCUT2D eigenvalue weighted by atomic mass is 32.2. The molecule has 118 valence electrons. The second-order valence-electron chi connectivity index (χ2n) is 5.17. The summed E-state index contributed by atoms with van der Waals surface area (Å²) in [6.45, 7) is 1.78. The Kier molecular flexibility index (Phi) is 4.04. The fraction of sp³-hybridized carbons (Fsp3) is 0.188. The van der Waals surface area contributed by atoms with Gasteiger partial charge in [0.1, 0.15) is 11.2 Å². The number of carbonyl (C=O) groups excluding carboxylic acids is 1. The molecule has 1 unspecified atom stereocenters. The lowest BCUT2D eigenvalue weighted by atomic mass is 10.1. The average Bonchev–Trinajstić information content (AvgIpc) is 2.91. The number of aryl methyl sites for hydroxylation is 1. The number of rotatable bonds is 3. The van der Waals surface area contributed by atoms with E-state index in [0.717, 1.165) is 5.56 Å². The molecule has 1 aliphatic rings. The third-order valence-electron chi connectivity index (χ3n) is 3.70. The topological polar surface area (TPSA) is 63.5 Å². The lowest BCUT2D eigenvalue weighted by Crippen LogP contribution is -2.29. The summed E-state index contributed by atoms with van der Waals surface area (Å²) >= 11 is 1.30. The van der Waals surface area contributed by atoms with Crippen LogP contribution in [0.2, 0.25) is 0 Å². The van der Waals surface area contributed by atoms with Crippen molar-refractivity contribution in [2.24, 2.45) is 0 Å². The van der Waals surface area contributed by atoms with E-state index >= 15 is 0 Å². The maximum atomic E-state index is 13.6. The summed E-state index contributed by atoms with van der Waals surface area (Å²) in [5.74, 6) is -0.435. The van der Waals surface area contributed by atoms with Crippen molar-refractivity contribution < 1.29 is 14.1 Å². The van der Waals surface area contributed by atoms with Crippen LogP contribution in [0.15, 0.2) is 42.5 Å². The van der Waals surface area contributed by atoms with Crippen LogP contribution in [0.1, 0.15) is 16.5 Å². The van der Waals surface area contributed by atoms with Crippen LogP contribution in [-0.2, 0) is 4.79 Å². The Morgan fingerprint density at radius 3 is 2.78 bits per heavy atom. The first-order valence-electron chi connectivity index (χ1n) is 6.92. The Morgan fingerprint density at radius 1 is 1.30 bits per heavy atom. The number of nitrogens with zero attached hydrogens (tertiary/aromatic N) is 2. The molecular formula is C16H13FN2O3S. The second-order valence-corrected chi connectivity index (χ2v) is 6.24. The number of hydrogen-bond acceptors (Lipinski definition) is 4. The van der Waals surface area contributed by atoms with Crippen molar-refractivity contribution in [1.29, 1.82) is 0 Å². The molecule has 2 aromatic rings. The second kappa shape index (κ2) is 6.00. The summed E-state index contributed by atoms with van der Waals surface area (Å²) in [7, 11) is 0. The molecule has 1 saturated heterocycles. The summed E-state index contributed by atoms with van der Waals surface area (Å²) in [5.41, 5.74) is 1.59. The van der Waals surface area contributed by atoms with E-state index in [9.17, 15) is 19.3 Å². The molecule has 1 aliphatic heterocycles. The van der Waals surface area contributed by atoms with Gasteiger partial charge in [-0.3, -0.25) is 19.8 Å². The van der Waals surface area contributed by atoms with Gasteiger partial charge in [-0.15, -0.1) is 11.8 Å². The summed E-state index contributed by atoms with van der Waals surface area (Å²) in [6, 6.07) is 10.5. The van der Waals surface area contributed by atoms with Crippen LogP contribution < -0.4 is 4.90 Å². The van der Waals surface area contributed by atoms with Crippen LogP contribution in [0, 0.1) is 22.9 Å². The molecule has 1 atom stereocenters. The molecule has 0 N–H and O–H groups in total. The van der Waals surface area contributed by atoms with Crippen LogP contribution in [0.3, 0.4) is 0 Å². The molecule has 0 bridgehead atoms. The molecule has 0 spiro atoms. The van der Waals surface area contributed by atoms with Gasteiger partial charge in [0.2, 0.25) is 5.91 Å². The summed E-state index contributed by atoms with van der Waals surface area (Å²) in [4.78, 5) is 24.6. The van der Waals surface area contributed by atoms with Crippen molar-refractivity contribution in [2.45, 2.75) is 12.3 Å². The zero-order chi connectivity index (χ0) is 16.6. The van der Waals surface area contributed by atoms with Gasteiger partial charge in [0, 0.05) is 6.07 Å². The van der Waals surface area contributed by atoms with E-state index in [1.807, 2.05) is 0 Å². The van der Waals surface area contributed by atoms with Crippen LogP contribution in [0.25, 0.3) is 0 Å².